The van der Waals surface area contributed by atoms with Gasteiger partial charge in [0.2, 0.25) is 5.91 Å². The largest absolute Gasteiger partial charge is 0.312 e. The first-order valence-corrected chi connectivity index (χ1v) is 5.62. The predicted molar refractivity (Wildman–Crippen MR) is 54.0 cm³/mol. The van der Waals surface area contributed by atoms with Gasteiger partial charge in [-0.3, -0.25) is 9.79 Å². The molecule has 0 aromatic rings. The Labute approximate surface area is 84.0 Å². The van der Waals surface area contributed by atoms with Crippen molar-refractivity contribution in [3.63, 3.8) is 0 Å². The third kappa shape index (κ3) is 1.11. The molecule has 0 saturated heterocycles. The summed E-state index contributed by atoms with van der Waals surface area (Å²) in [5.41, 5.74) is 0. The molecule has 1 N–H and O–H groups in total. The zero-order valence-electron chi connectivity index (χ0n) is 8.49. The SMILES string of the molecule is CC1N=C(C2CC3CCC2C3)NC1=O. The molecule has 2 bridgehead atoms. The van der Waals surface area contributed by atoms with Crippen LogP contribution in [0.2, 0.25) is 0 Å². The van der Waals surface area contributed by atoms with E-state index >= 15 is 0 Å². The molecular formula is C11H16N2O. The molecule has 4 atom stereocenters. The van der Waals surface area contributed by atoms with Crippen LogP contribution in [-0.4, -0.2) is 17.8 Å². The lowest BCUT2D eigenvalue weighted by molar-refractivity contribution is -0.119. The first-order chi connectivity index (χ1) is 6.74. The number of aliphatic imine (C=N–C) groups is 1. The van der Waals surface area contributed by atoms with E-state index in [1.54, 1.807) is 0 Å². The summed E-state index contributed by atoms with van der Waals surface area (Å²) in [6, 6.07) is -0.149. The Hall–Kier alpha value is -0.860. The summed E-state index contributed by atoms with van der Waals surface area (Å²) in [4.78, 5) is 15.7. The number of fused-ring (bicyclic) bond motifs is 2. The molecule has 0 aromatic carbocycles. The van der Waals surface area contributed by atoms with E-state index in [2.05, 4.69) is 10.3 Å². The van der Waals surface area contributed by atoms with Crippen molar-refractivity contribution < 1.29 is 4.79 Å². The average Bonchev–Trinajstić information content (AvgIpc) is 2.82. The summed E-state index contributed by atoms with van der Waals surface area (Å²) in [7, 11) is 0. The fraction of sp³-hybridized carbons (Fsp3) is 0.818. The Morgan fingerprint density at radius 2 is 2.21 bits per heavy atom. The molecule has 14 heavy (non-hydrogen) atoms. The van der Waals surface area contributed by atoms with E-state index in [0.717, 1.165) is 17.7 Å². The van der Waals surface area contributed by atoms with Crippen molar-refractivity contribution >= 4 is 11.7 Å². The molecule has 3 heteroatoms. The number of amidine groups is 1. The highest BCUT2D eigenvalue weighted by Gasteiger charge is 2.43. The average molecular weight is 192 g/mol. The van der Waals surface area contributed by atoms with Gasteiger partial charge in [-0.15, -0.1) is 0 Å². The molecule has 3 nitrogen and oxygen atoms in total. The minimum atomic E-state index is -0.149. The second kappa shape index (κ2) is 2.81. The van der Waals surface area contributed by atoms with Gasteiger partial charge in [0.15, 0.2) is 0 Å². The summed E-state index contributed by atoms with van der Waals surface area (Å²) in [6.07, 6.45) is 5.38. The van der Waals surface area contributed by atoms with Crippen molar-refractivity contribution in [3.8, 4) is 0 Å². The van der Waals surface area contributed by atoms with E-state index < -0.39 is 0 Å². The molecule has 1 heterocycles. The summed E-state index contributed by atoms with van der Waals surface area (Å²) in [6.45, 7) is 1.87. The summed E-state index contributed by atoms with van der Waals surface area (Å²) >= 11 is 0. The van der Waals surface area contributed by atoms with Crippen molar-refractivity contribution in [2.75, 3.05) is 0 Å². The van der Waals surface area contributed by atoms with Gasteiger partial charge in [0.1, 0.15) is 11.9 Å². The molecule has 2 saturated carbocycles. The van der Waals surface area contributed by atoms with E-state index in [9.17, 15) is 4.79 Å². The molecule has 2 aliphatic carbocycles. The zero-order valence-corrected chi connectivity index (χ0v) is 8.49. The lowest BCUT2D eigenvalue weighted by Gasteiger charge is -2.21. The maximum atomic E-state index is 11.3. The Morgan fingerprint density at radius 1 is 1.36 bits per heavy atom. The molecule has 3 aliphatic rings. The summed E-state index contributed by atoms with van der Waals surface area (Å²) in [5.74, 6) is 3.38. The lowest BCUT2D eigenvalue weighted by Crippen LogP contribution is -2.34. The highest BCUT2D eigenvalue weighted by Crippen LogP contribution is 2.48. The van der Waals surface area contributed by atoms with Crippen LogP contribution >= 0.6 is 0 Å². The molecule has 0 radical (unpaired) electrons. The predicted octanol–water partition coefficient (Wildman–Crippen LogP) is 1.34. The molecule has 76 valence electrons. The first kappa shape index (κ1) is 8.45. The quantitative estimate of drug-likeness (QED) is 0.669. The highest BCUT2D eigenvalue weighted by atomic mass is 16.2. The van der Waals surface area contributed by atoms with Crippen LogP contribution in [0.5, 0.6) is 0 Å². The van der Waals surface area contributed by atoms with Crippen LogP contribution in [0.3, 0.4) is 0 Å². The van der Waals surface area contributed by atoms with Crippen molar-refractivity contribution in [2.24, 2.45) is 22.7 Å². The van der Waals surface area contributed by atoms with Crippen molar-refractivity contribution in [1.82, 2.24) is 5.32 Å². The monoisotopic (exact) mass is 192 g/mol. The molecule has 4 unspecified atom stereocenters. The topological polar surface area (TPSA) is 41.5 Å². The number of amides is 1. The molecule has 3 rings (SSSR count). The van der Waals surface area contributed by atoms with Gasteiger partial charge >= 0.3 is 0 Å². The molecule has 0 spiro atoms. The number of carbonyl (C=O) groups excluding carboxylic acids is 1. The van der Waals surface area contributed by atoms with Gasteiger partial charge < -0.3 is 5.32 Å². The molecule has 1 amide bonds. The van der Waals surface area contributed by atoms with Crippen molar-refractivity contribution in [2.45, 2.75) is 38.6 Å². The number of nitrogens with one attached hydrogen (secondary N) is 1. The standard InChI is InChI=1S/C11H16N2O/c1-6-11(14)13-10(12-6)9-5-7-2-3-8(9)4-7/h6-9H,2-5H2,1H3,(H,12,13,14). The van der Waals surface area contributed by atoms with Gasteiger partial charge in [-0.2, -0.15) is 0 Å². The Bertz CT molecular complexity index is 310. The Balaban J connectivity index is 1.78. The minimum Gasteiger partial charge on any atom is -0.312 e. The van der Waals surface area contributed by atoms with Gasteiger partial charge in [-0.25, -0.2) is 0 Å². The van der Waals surface area contributed by atoms with Gasteiger partial charge in [0, 0.05) is 5.92 Å². The summed E-state index contributed by atoms with van der Waals surface area (Å²) in [5, 5.41) is 2.94. The fourth-order valence-electron chi connectivity index (χ4n) is 3.30. The zero-order chi connectivity index (χ0) is 9.71. The van der Waals surface area contributed by atoms with Crippen molar-refractivity contribution in [3.05, 3.63) is 0 Å². The van der Waals surface area contributed by atoms with E-state index in [-0.39, 0.29) is 11.9 Å². The highest BCUT2D eigenvalue weighted by molar-refractivity contribution is 6.06. The Morgan fingerprint density at radius 3 is 2.71 bits per heavy atom. The fourth-order valence-corrected chi connectivity index (χ4v) is 3.30. The normalized spacial score (nSPS) is 45.5. The van der Waals surface area contributed by atoms with Crippen LogP contribution in [0.1, 0.15) is 32.6 Å². The van der Waals surface area contributed by atoms with E-state index in [0.29, 0.717) is 5.92 Å². The second-order valence-corrected chi connectivity index (χ2v) is 4.96. The van der Waals surface area contributed by atoms with Gasteiger partial charge in [0.25, 0.3) is 0 Å². The second-order valence-electron chi connectivity index (χ2n) is 4.96. The third-order valence-electron chi connectivity index (χ3n) is 4.05. The molecule has 0 aromatic heterocycles. The maximum Gasteiger partial charge on any atom is 0.249 e. The first-order valence-electron chi connectivity index (χ1n) is 5.62. The van der Waals surface area contributed by atoms with Crippen molar-refractivity contribution in [1.29, 1.82) is 0 Å². The minimum absolute atomic E-state index is 0.0859. The number of nitrogens with zero attached hydrogens (tertiary/aromatic N) is 1. The van der Waals surface area contributed by atoms with Gasteiger partial charge in [0.05, 0.1) is 0 Å². The van der Waals surface area contributed by atoms with Crippen LogP contribution in [0.15, 0.2) is 4.99 Å². The molecule has 1 aliphatic heterocycles. The summed E-state index contributed by atoms with van der Waals surface area (Å²) < 4.78 is 0. The van der Waals surface area contributed by atoms with E-state index in [4.69, 9.17) is 0 Å². The van der Waals surface area contributed by atoms with Crippen LogP contribution < -0.4 is 5.32 Å². The van der Waals surface area contributed by atoms with Gasteiger partial charge in [-0.05, 0) is 38.0 Å². The van der Waals surface area contributed by atoms with Crippen LogP contribution in [0, 0.1) is 17.8 Å². The van der Waals surface area contributed by atoms with E-state index in [1.807, 2.05) is 6.92 Å². The number of carbonyl (C=O) groups is 1. The number of hydrogen-bond donors (Lipinski definition) is 1. The van der Waals surface area contributed by atoms with E-state index in [1.165, 1.54) is 25.7 Å². The molecular weight excluding hydrogens is 176 g/mol. The maximum absolute atomic E-state index is 11.3. The number of rotatable bonds is 1. The van der Waals surface area contributed by atoms with Crippen LogP contribution in [0.25, 0.3) is 0 Å². The Kier molecular flexibility index (Phi) is 1.70. The molecule has 2 fully saturated rings. The van der Waals surface area contributed by atoms with Crippen LogP contribution in [0.4, 0.5) is 0 Å². The van der Waals surface area contributed by atoms with Gasteiger partial charge in [-0.1, -0.05) is 6.42 Å². The lowest BCUT2D eigenvalue weighted by atomic mass is 9.88. The van der Waals surface area contributed by atoms with Crippen LogP contribution in [-0.2, 0) is 4.79 Å². The number of hydrogen-bond acceptors (Lipinski definition) is 2. The smallest absolute Gasteiger partial charge is 0.249 e. The third-order valence-corrected chi connectivity index (χ3v) is 4.05.